The Labute approximate surface area is 811 Å². The predicted octanol–water partition coefficient (Wildman–Crippen LogP) is 12.1. The van der Waals surface area contributed by atoms with E-state index in [0.29, 0.717) is 22.3 Å². The molecule has 4 aromatic rings. The van der Waals surface area contributed by atoms with Crippen LogP contribution in [0.1, 0.15) is 212 Å². The third-order valence-corrected chi connectivity index (χ3v) is 24.6. The van der Waals surface area contributed by atoms with E-state index in [0.717, 1.165) is 24.5 Å². The second kappa shape index (κ2) is 54.7. The lowest BCUT2D eigenvalue weighted by atomic mass is 10.00. The third kappa shape index (κ3) is 34.8. The molecular weight excluding hydrogens is 1760 g/mol. The maximum atomic E-state index is 14.7. The van der Waals surface area contributed by atoms with Crippen molar-refractivity contribution in [3.63, 3.8) is 0 Å². The first-order chi connectivity index (χ1) is 63.7. The quantitative estimate of drug-likeness (QED) is 0.0357. The summed E-state index contributed by atoms with van der Waals surface area (Å²) >= 11 is 5.89. The summed E-state index contributed by atoms with van der Waals surface area (Å²) in [7, 11) is 11.4. The first kappa shape index (κ1) is 115. The van der Waals surface area contributed by atoms with Crippen molar-refractivity contribution in [1.29, 1.82) is 0 Å². The Bertz CT molecular complexity index is 4030. The number of hydrogen-bond acceptors (Lipinski definition) is 24. The minimum atomic E-state index is -1.47. The number of benzene rings is 4. The number of hydrogen-bond donors (Lipinski definition) is 0. The number of thiocarbonyl (C=S) groups is 1. The number of likely N-dealkylation sites (N-methyl/N-ethyl adjacent to an activating group) is 8. The average Bonchev–Trinajstić information content (AvgIpc) is 0.818. The summed E-state index contributed by atoms with van der Waals surface area (Å²) in [6.07, 6.45) is -10.3. The maximum Gasteiger partial charge on any atom is 0.329 e. The predicted molar refractivity (Wildman–Crippen MR) is 518 cm³/mol. The monoisotopic (exact) mass is 1910 g/mol. The van der Waals surface area contributed by atoms with Crippen molar-refractivity contribution in [2.75, 3.05) is 56.4 Å². The lowest BCUT2D eigenvalue weighted by Crippen LogP contribution is -2.55. The SMILES string of the molecule is CC(C)C[C@@H]1C(=O)O[C@@H](Cc2ccccc2)C(=O)N(C)[C@H](CC(C)C)C(=O)O[C@@H](C)C(=O)N(C)[C@H](CC(C)C)C(=O)O[C@@H](Cc2ccccc2)C(=O)N(C)[C@H](CC(C)C)C(=O)O[C@@H](C)C(=O)N1C.CC(C)C[C@@H]1C(=O)O[C@@H](Cc2ccccc2)C(=O)N(C)[C@H](CC(C)C)C(=O)O[C@@H](C)C(=S)N(C)[C@H](CC(C)C)C(=O)O[C@@H](Cc2ccccc2)C(=O)N(C)[C@H](CC(C)C)C(=O)O[C@@H](C)C(=O)N1C. The highest BCUT2D eigenvalue weighted by Gasteiger charge is 2.47. The fourth-order valence-corrected chi connectivity index (χ4v) is 16.4. The molecule has 32 heteroatoms. The number of nitrogens with zero attached hydrogens (tertiary/aromatic N) is 8. The highest BCUT2D eigenvalue weighted by molar-refractivity contribution is 7.80. The molecule has 31 nitrogen and oxygen atoms in total. The molecule has 0 unspecified atom stereocenters. The van der Waals surface area contributed by atoms with Crippen LogP contribution in [-0.2, 0) is 135 Å². The zero-order chi connectivity index (χ0) is 102. The van der Waals surface area contributed by atoms with E-state index in [-0.39, 0.29) is 129 Å². The molecule has 7 amide bonds. The molecule has 2 aliphatic heterocycles. The van der Waals surface area contributed by atoms with Crippen LogP contribution in [0.15, 0.2) is 121 Å². The Balaban J connectivity index is 0.000000480. The Kier molecular flexibility index (Phi) is 46.4. The van der Waals surface area contributed by atoms with Crippen molar-refractivity contribution in [1.82, 2.24) is 39.2 Å². The second-order valence-electron chi connectivity index (χ2n) is 39.5. The van der Waals surface area contributed by atoms with Gasteiger partial charge in [0.15, 0.2) is 42.7 Å². The number of cyclic esters (lactones) is 8. The van der Waals surface area contributed by atoms with Gasteiger partial charge in [0.25, 0.3) is 41.4 Å². The molecule has 2 saturated heterocycles. The molecule has 2 heterocycles. The lowest BCUT2D eigenvalue weighted by Gasteiger charge is -2.36. The van der Waals surface area contributed by atoms with Crippen molar-refractivity contribution in [2.24, 2.45) is 47.3 Å². The summed E-state index contributed by atoms with van der Waals surface area (Å²) in [6, 6.07) is 26.1. The van der Waals surface area contributed by atoms with E-state index in [1.54, 1.807) is 123 Å². The van der Waals surface area contributed by atoms with Gasteiger partial charge in [0.05, 0.1) is 0 Å². The van der Waals surface area contributed by atoms with Crippen LogP contribution in [0.2, 0.25) is 0 Å². The minimum Gasteiger partial charge on any atom is -0.454 e. The molecule has 4 aromatic carbocycles. The fraction of sp³-hybridized carbons (Fsp3) is 0.615. The van der Waals surface area contributed by atoms with Crippen molar-refractivity contribution in [3.8, 4) is 0 Å². The van der Waals surface area contributed by atoms with E-state index in [4.69, 9.17) is 50.1 Å². The number of carbonyl (C=O) groups excluding carboxylic acids is 15. The van der Waals surface area contributed by atoms with Crippen LogP contribution in [-0.4, -0.2) is 287 Å². The molecule has 0 spiro atoms. The maximum absolute atomic E-state index is 14.7. The van der Waals surface area contributed by atoms with Crippen molar-refractivity contribution >= 4 is 106 Å². The van der Waals surface area contributed by atoms with E-state index in [1.807, 2.05) is 123 Å². The molecule has 0 aliphatic carbocycles. The van der Waals surface area contributed by atoms with E-state index in [9.17, 15) is 71.9 Å². The standard InChI is InChI=1S/C52H76N4O12.C52H76N4O11S/c1-31(2)25-39-49(61)65-35(9)45(57)53(11)42(28-34(7)8)52(64)68-44(30-38-23-19-16-20-24-38)48(60)56(14)40(26-32(3)4)50(62)66-36(10)46(58)54(12)41(27-33(5)6)51(63)67-43(47(59)55(39)13)29-37-21-17-15-18-22-37;1-31(2)25-39-49(60)64-35(9)45(57)53(11)41(27-33(5)6)51(62)66-43(29-37-21-17-15-18-22-37)46(58)55(13)40(26-32(3)4)50(61)65-36(10)48(68)56(14)42(28-34(7)8)52(63)67-44(47(59)54(39)12)30-38-23-19-16-20-24-38/h2*15-24,31-36,39-44H,25-30H2,1-14H3/t2*35-,36-,39+,40+,41+,42+,43-,44-/m00/s1. The fourth-order valence-electron chi connectivity index (χ4n) is 16.3. The number of amides is 7. The Morgan fingerprint density at radius 1 is 0.213 bits per heavy atom. The minimum absolute atomic E-state index is 0.0293. The van der Waals surface area contributed by atoms with Gasteiger partial charge in [-0.05, 0) is 149 Å². The normalized spacial score (nSPS) is 25.2. The molecule has 16 atom stereocenters. The van der Waals surface area contributed by atoms with Crippen LogP contribution in [0, 0.1) is 47.3 Å². The molecule has 0 radical (unpaired) electrons. The molecule has 0 saturated carbocycles. The molecule has 0 N–H and O–H groups in total. The molecule has 2 aliphatic rings. The molecule has 2 fully saturated rings. The number of ether oxygens (including phenoxy) is 8. The van der Waals surface area contributed by atoms with Gasteiger partial charge < -0.3 is 77.1 Å². The van der Waals surface area contributed by atoms with E-state index >= 15 is 0 Å². The van der Waals surface area contributed by atoms with Crippen molar-refractivity contribution in [2.45, 2.75) is 313 Å². The largest absolute Gasteiger partial charge is 0.454 e. The zero-order valence-electron chi connectivity index (χ0n) is 85.3. The second-order valence-corrected chi connectivity index (χ2v) is 40.0. The average molecular weight is 1910 g/mol. The highest BCUT2D eigenvalue weighted by Crippen LogP contribution is 2.30. The Morgan fingerprint density at radius 3 is 0.515 bits per heavy atom. The van der Waals surface area contributed by atoms with Crippen LogP contribution >= 0.6 is 12.2 Å². The van der Waals surface area contributed by atoms with Gasteiger partial charge >= 0.3 is 47.8 Å². The van der Waals surface area contributed by atoms with Gasteiger partial charge in [-0.25, -0.2) is 38.4 Å². The number of esters is 8. The highest BCUT2D eigenvalue weighted by atomic mass is 32.1. The van der Waals surface area contributed by atoms with Gasteiger partial charge in [-0.3, -0.25) is 33.6 Å². The van der Waals surface area contributed by atoms with E-state index < -0.39 is 186 Å². The Hall–Kier alpha value is -11.2. The number of rotatable bonds is 24. The lowest BCUT2D eigenvalue weighted by molar-refractivity contribution is -0.176. The number of carbonyl (C=O) groups is 15. The Morgan fingerprint density at radius 2 is 0.353 bits per heavy atom. The summed E-state index contributed by atoms with van der Waals surface area (Å²) in [5, 5.41) is 0. The van der Waals surface area contributed by atoms with Crippen LogP contribution < -0.4 is 0 Å². The molecule has 752 valence electrons. The molecule has 136 heavy (non-hydrogen) atoms. The van der Waals surface area contributed by atoms with Gasteiger partial charge in [-0.2, -0.15) is 0 Å². The smallest absolute Gasteiger partial charge is 0.329 e. The van der Waals surface area contributed by atoms with Crippen LogP contribution in [0.4, 0.5) is 0 Å². The van der Waals surface area contributed by atoms with E-state index in [1.165, 1.54) is 84.8 Å². The van der Waals surface area contributed by atoms with Crippen LogP contribution in [0.3, 0.4) is 0 Å². The first-order valence-corrected chi connectivity index (χ1v) is 48.0. The molecular formula is C104H152N8O23S. The zero-order valence-corrected chi connectivity index (χ0v) is 86.1. The van der Waals surface area contributed by atoms with Crippen LogP contribution in [0.25, 0.3) is 0 Å². The van der Waals surface area contributed by atoms with Crippen molar-refractivity contribution in [3.05, 3.63) is 144 Å². The van der Waals surface area contributed by atoms with Gasteiger partial charge in [-0.1, -0.05) is 244 Å². The summed E-state index contributed by atoms with van der Waals surface area (Å²) in [5.74, 6) is -12.9. The third-order valence-electron chi connectivity index (χ3n) is 24.0. The summed E-state index contributed by atoms with van der Waals surface area (Å²) in [4.78, 5) is 226. The molecule has 6 rings (SSSR count). The van der Waals surface area contributed by atoms with Crippen LogP contribution in [0.5, 0.6) is 0 Å². The van der Waals surface area contributed by atoms with Gasteiger partial charge in [-0.15, -0.1) is 0 Å². The van der Waals surface area contributed by atoms with Gasteiger partial charge in [0.1, 0.15) is 59.4 Å². The van der Waals surface area contributed by atoms with Gasteiger partial charge in [0, 0.05) is 82.1 Å². The van der Waals surface area contributed by atoms with E-state index in [2.05, 4.69) is 0 Å². The molecule has 0 bridgehead atoms. The summed E-state index contributed by atoms with van der Waals surface area (Å²) in [5.41, 5.74) is 2.67. The molecule has 0 aromatic heterocycles. The summed E-state index contributed by atoms with van der Waals surface area (Å²) in [6.45, 7) is 35.6. The summed E-state index contributed by atoms with van der Waals surface area (Å²) < 4.78 is 47.9. The van der Waals surface area contributed by atoms with Crippen molar-refractivity contribution < 1.29 is 110 Å². The topological polar surface area (TPSA) is 356 Å². The van der Waals surface area contributed by atoms with Gasteiger partial charge in [0.2, 0.25) is 0 Å². The first-order valence-electron chi connectivity index (χ1n) is 47.6.